The van der Waals surface area contributed by atoms with Crippen LogP contribution in [0.1, 0.15) is 19.8 Å². The van der Waals surface area contributed by atoms with Crippen molar-refractivity contribution in [2.45, 2.75) is 25.8 Å². The lowest BCUT2D eigenvalue weighted by Crippen LogP contribution is -2.53. The Morgan fingerprint density at radius 3 is 2.63 bits per heavy atom. The first-order valence-corrected chi connectivity index (χ1v) is 7.06. The molecule has 0 aliphatic carbocycles. The van der Waals surface area contributed by atoms with Gasteiger partial charge in [-0.1, -0.05) is 6.92 Å². The number of hydrogen-bond donors (Lipinski definition) is 2. The van der Waals surface area contributed by atoms with Crippen LogP contribution < -0.4 is 5.32 Å². The van der Waals surface area contributed by atoms with E-state index in [-0.39, 0.29) is 11.9 Å². The second-order valence-electron chi connectivity index (χ2n) is 5.47. The van der Waals surface area contributed by atoms with Crippen molar-refractivity contribution in [1.82, 2.24) is 15.1 Å². The van der Waals surface area contributed by atoms with Gasteiger partial charge in [-0.2, -0.15) is 0 Å². The van der Waals surface area contributed by atoms with E-state index >= 15 is 0 Å². The smallest absolute Gasteiger partial charge is 0.307 e. The zero-order valence-corrected chi connectivity index (χ0v) is 11.5. The van der Waals surface area contributed by atoms with E-state index in [1.165, 1.54) is 0 Å². The molecule has 0 aromatic rings. The number of likely N-dealkylation sites (tertiary alicyclic amines) is 1. The number of hydrogen-bond acceptors (Lipinski definition) is 4. The van der Waals surface area contributed by atoms with Crippen molar-refractivity contribution in [2.75, 3.05) is 39.3 Å². The third kappa shape index (κ3) is 3.45. The lowest BCUT2D eigenvalue weighted by molar-refractivity contribution is -0.143. The molecule has 2 rings (SSSR count). The van der Waals surface area contributed by atoms with Gasteiger partial charge in [0.2, 0.25) is 5.91 Å². The summed E-state index contributed by atoms with van der Waals surface area (Å²) in [5.74, 6) is -1.03. The minimum atomic E-state index is -0.791. The minimum absolute atomic E-state index is 0.111. The summed E-state index contributed by atoms with van der Waals surface area (Å²) in [5, 5.41) is 12.2. The fourth-order valence-corrected chi connectivity index (χ4v) is 2.85. The molecule has 0 aromatic carbocycles. The molecule has 2 atom stereocenters. The number of carboxylic acids is 1. The summed E-state index contributed by atoms with van der Waals surface area (Å²) in [6.07, 6.45) is 1.84. The second kappa shape index (κ2) is 6.34. The summed E-state index contributed by atoms with van der Waals surface area (Å²) in [4.78, 5) is 27.4. The molecule has 2 aliphatic rings. The number of rotatable bonds is 4. The van der Waals surface area contributed by atoms with E-state index in [9.17, 15) is 9.59 Å². The van der Waals surface area contributed by atoms with Gasteiger partial charge in [-0.25, -0.2) is 0 Å². The highest BCUT2D eigenvalue weighted by molar-refractivity contribution is 5.82. The number of piperazine rings is 1. The Bertz CT molecular complexity index is 342. The highest BCUT2D eigenvalue weighted by Crippen LogP contribution is 2.21. The zero-order chi connectivity index (χ0) is 13.8. The van der Waals surface area contributed by atoms with Crippen LogP contribution in [-0.4, -0.2) is 72.1 Å². The molecule has 2 fully saturated rings. The van der Waals surface area contributed by atoms with Crippen LogP contribution in [0.15, 0.2) is 0 Å². The molecule has 2 N–H and O–H groups in total. The summed E-state index contributed by atoms with van der Waals surface area (Å²) >= 11 is 0. The standard InChI is InChI=1S/C13H23N3O3/c1-10(13(18)19)9-16-6-2-3-11(16)12(17)15-7-4-14-5-8-15/h10-11,14H,2-9H2,1H3,(H,18,19). The lowest BCUT2D eigenvalue weighted by atomic mass is 10.1. The summed E-state index contributed by atoms with van der Waals surface area (Å²) in [7, 11) is 0. The van der Waals surface area contributed by atoms with Crippen LogP contribution in [0, 0.1) is 5.92 Å². The summed E-state index contributed by atoms with van der Waals surface area (Å²) in [5.41, 5.74) is 0. The Balaban J connectivity index is 1.93. The van der Waals surface area contributed by atoms with E-state index in [0.717, 1.165) is 45.6 Å². The number of amides is 1. The molecular formula is C13H23N3O3. The Morgan fingerprint density at radius 2 is 2.00 bits per heavy atom. The van der Waals surface area contributed by atoms with Crippen molar-refractivity contribution in [3.63, 3.8) is 0 Å². The van der Waals surface area contributed by atoms with Crippen LogP contribution in [0.2, 0.25) is 0 Å². The number of carbonyl (C=O) groups excluding carboxylic acids is 1. The molecule has 0 spiro atoms. The topological polar surface area (TPSA) is 72.9 Å². The molecule has 0 saturated carbocycles. The summed E-state index contributed by atoms with van der Waals surface area (Å²) < 4.78 is 0. The molecule has 0 aromatic heterocycles. The predicted octanol–water partition coefficient (Wildman–Crippen LogP) is -0.397. The van der Waals surface area contributed by atoms with Crippen LogP contribution in [0.4, 0.5) is 0 Å². The van der Waals surface area contributed by atoms with Crippen molar-refractivity contribution in [3.8, 4) is 0 Å². The Morgan fingerprint density at radius 1 is 1.32 bits per heavy atom. The first-order valence-electron chi connectivity index (χ1n) is 7.06. The fraction of sp³-hybridized carbons (Fsp3) is 0.846. The van der Waals surface area contributed by atoms with Crippen molar-refractivity contribution >= 4 is 11.9 Å². The molecule has 1 amide bonds. The van der Waals surface area contributed by atoms with Crippen LogP contribution in [0.3, 0.4) is 0 Å². The third-order valence-corrected chi connectivity index (χ3v) is 4.01. The first kappa shape index (κ1) is 14.3. The van der Waals surface area contributed by atoms with Gasteiger partial charge >= 0.3 is 5.97 Å². The van der Waals surface area contributed by atoms with Gasteiger partial charge in [-0.3, -0.25) is 14.5 Å². The van der Waals surface area contributed by atoms with Crippen LogP contribution >= 0.6 is 0 Å². The molecule has 0 radical (unpaired) electrons. The zero-order valence-electron chi connectivity index (χ0n) is 11.5. The molecular weight excluding hydrogens is 246 g/mol. The van der Waals surface area contributed by atoms with Gasteiger partial charge in [0.1, 0.15) is 0 Å². The largest absolute Gasteiger partial charge is 0.481 e. The SMILES string of the molecule is CC(CN1CCCC1C(=O)N1CCNCC1)C(=O)O. The maximum Gasteiger partial charge on any atom is 0.307 e. The maximum absolute atomic E-state index is 12.5. The summed E-state index contributed by atoms with van der Waals surface area (Å²) in [6, 6.07) is -0.111. The quantitative estimate of drug-likeness (QED) is 0.727. The van der Waals surface area contributed by atoms with Crippen molar-refractivity contribution in [3.05, 3.63) is 0 Å². The average molecular weight is 269 g/mol. The Kier molecular flexibility index (Phi) is 4.76. The number of nitrogens with one attached hydrogen (secondary N) is 1. The minimum Gasteiger partial charge on any atom is -0.481 e. The third-order valence-electron chi connectivity index (χ3n) is 4.01. The van der Waals surface area contributed by atoms with Gasteiger partial charge < -0.3 is 15.3 Å². The lowest BCUT2D eigenvalue weighted by Gasteiger charge is -2.33. The van der Waals surface area contributed by atoms with Crippen molar-refractivity contribution < 1.29 is 14.7 Å². The molecule has 108 valence electrons. The van der Waals surface area contributed by atoms with Crippen LogP contribution in [0.5, 0.6) is 0 Å². The van der Waals surface area contributed by atoms with E-state index in [0.29, 0.717) is 6.54 Å². The highest BCUT2D eigenvalue weighted by atomic mass is 16.4. The molecule has 2 unspecified atom stereocenters. The van der Waals surface area contributed by atoms with E-state index in [1.807, 2.05) is 9.80 Å². The van der Waals surface area contributed by atoms with Crippen LogP contribution in [-0.2, 0) is 9.59 Å². The van der Waals surface area contributed by atoms with E-state index in [4.69, 9.17) is 5.11 Å². The fourth-order valence-electron chi connectivity index (χ4n) is 2.85. The number of aliphatic carboxylic acids is 1. The Labute approximate surface area is 113 Å². The Hall–Kier alpha value is -1.14. The number of carbonyl (C=O) groups is 2. The maximum atomic E-state index is 12.5. The van der Waals surface area contributed by atoms with Crippen molar-refractivity contribution in [2.24, 2.45) is 5.92 Å². The molecule has 0 bridgehead atoms. The normalized spacial score (nSPS) is 26.4. The van der Waals surface area contributed by atoms with Crippen molar-refractivity contribution in [1.29, 1.82) is 0 Å². The van der Waals surface area contributed by atoms with Gasteiger partial charge in [-0.15, -0.1) is 0 Å². The molecule has 2 heterocycles. The van der Waals surface area contributed by atoms with Gasteiger partial charge in [0.25, 0.3) is 0 Å². The second-order valence-corrected chi connectivity index (χ2v) is 5.47. The average Bonchev–Trinajstić information content (AvgIpc) is 2.87. The molecule has 19 heavy (non-hydrogen) atoms. The monoisotopic (exact) mass is 269 g/mol. The highest BCUT2D eigenvalue weighted by Gasteiger charge is 2.35. The van der Waals surface area contributed by atoms with Crippen LogP contribution in [0.25, 0.3) is 0 Å². The summed E-state index contributed by atoms with van der Waals surface area (Å²) in [6.45, 7) is 6.23. The molecule has 2 aliphatic heterocycles. The number of carboxylic acid groups (broad SMARTS) is 1. The molecule has 6 heteroatoms. The number of nitrogens with zero attached hydrogens (tertiary/aromatic N) is 2. The molecule has 6 nitrogen and oxygen atoms in total. The van der Waals surface area contributed by atoms with Gasteiger partial charge in [-0.05, 0) is 19.4 Å². The van der Waals surface area contributed by atoms with E-state index in [2.05, 4.69) is 5.32 Å². The van der Waals surface area contributed by atoms with Gasteiger partial charge in [0.05, 0.1) is 12.0 Å². The van der Waals surface area contributed by atoms with Gasteiger partial charge in [0.15, 0.2) is 0 Å². The van der Waals surface area contributed by atoms with E-state index < -0.39 is 11.9 Å². The van der Waals surface area contributed by atoms with Gasteiger partial charge in [0, 0.05) is 32.7 Å². The first-order chi connectivity index (χ1) is 9.09. The molecule has 2 saturated heterocycles. The predicted molar refractivity (Wildman–Crippen MR) is 70.8 cm³/mol. The van der Waals surface area contributed by atoms with E-state index in [1.54, 1.807) is 6.92 Å².